The second-order valence-electron chi connectivity index (χ2n) is 5.61. The molecule has 0 fully saturated rings. The van der Waals surface area contributed by atoms with Crippen molar-refractivity contribution in [2.24, 2.45) is 0 Å². The van der Waals surface area contributed by atoms with Gasteiger partial charge in [-0.15, -0.1) is 0 Å². The van der Waals surface area contributed by atoms with Crippen LogP contribution in [0.3, 0.4) is 0 Å². The normalized spacial score (nSPS) is 10.4. The van der Waals surface area contributed by atoms with Crippen molar-refractivity contribution in [3.8, 4) is 0 Å². The van der Waals surface area contributed by atoms with E-state index in [1.807, 2.05) is 0 Å². The minimum Gasteiger partial charge on any atom is -0.345 e. The third-order valence-electron chi connectivity index (χ3n) is 3.31. The fraction of sp³-hybridized carbons (Fsp3) is 0.105. The summed E-state index contributed by atoms with van der Waals surface area (Å²) in [6.45, 7) is 0. The Kier molecular flexibility index (Phi) is 6.89. The number of rotatable bonds is 4. The molecule has 0 aliphatic rings. The van der Waals surface area contributed by atoms with Gasteiger partial charge in [-0.1, -0.05) is 29.8 Å². The van der Waals surface area contributed by atoms with Crippen molar-refractivity contribution in [1.29, 1.82) is 0 Å². The first kappa shape index (κ1) is 19.6. The van der Waals surface area contributed by atoms with E-state index in [9.17, 15) is 9.59 Å². The Hall–Kier alpha value is -2.70. The van der Waals surface area contributed by atoms with Crippen LogP contribution in [-0.4, -0.2) is 35.9 Å². The smallest absolute Gasteiger partial charge is 0.253 e. The summed E-state index contributed by atoms with van der Waals surface area (Å²) in [5.41, 5.74) is 1.99. The van der Waals surface area contributed by atoms with Crippen molar-refractivity contribution < 1.29 is 9.59 Å². The molecule has 0 saturated carbocycles. The monoisotopic (exact) mass is 387 g/mol. The second kappa shape index (κ2) is 9.12. The number of nitrogens with zero attached hydrogens (tertiary/aromatic N) is 1. The molecule has 0 atom stereocenters. The number of carbonyl (C=O) groups is 2. The van der Waals surface area contributed by atoms with Gasteiger partial charge in [0.15, 0.2) is 5.11 Å². The van der Waals surface area contributed by atoms with Crippen LogP contribution >= 0.6 is 23.8 Å². The van der Waals surface area contributed by atoms with Crippen LogP contribution in [0.5, 0.6) is 0 Å². The van der Waals surface area contributed by atoms with Gasteiger partial charge in [0.2, 0.25) is 5.91 Å². The van der Waals surface area contributed by atoms with E-state index in [0.29, 0.717) is 16.3 Å². The number of hydrogen-bond donors (Lipinski definition) is 2. The molecule has 0 radical (unpaired) electrons. The summed E-state index contributed by atoms with van der Waals surface area (Å²) in [4.78, 5) is 25.4. The number of amides is 2. The maximum atomic E-state index is 12.0. The molecule has 0 unspecified atom stereocenters. The third kappa shape index (κ3) is 5.98. The number of thiocarbonyl (C=S) groups is 1. The SMILES string of the molecule is CN(C)C(=O)c1cccc(NC(=S)NC(=O)/C=C/c2ccc(Cl)cc2)c1. The summed E-state index contributed by atoms with van der Waals surface area (Å²) in [5, 5.41) is 6.22. The van der Waals surface area contributed by atoms with Gasteiger partial charge in [-0.25, -0.2) is 0 Å². The Morgan fingerprint density at radius 1 is 1.12 bits per heavy atom. The van der Waals surface area contributed by atoms with Gasteiger partial charge < -0.3 is 10.2 Å². The van der Waals surface area contributed by atoms with E-state index in [1.165, 1.54) is 11.0 Å². The molecule has 2 N–H and O–H groups in total. The number of carbonyl (C=O) groups excluding carboxylic acids is 2. The zero-order valence-electron chi connectivity index (χ0n) is 14.3. The summed E-state index contributed by atoms with van der Waals surface area (Å²) in [5.74, 6) is -0.479. The highest BCUT2D eigenvalue weighted by Crippen LogP contribution is 2.12. The molecule has 2 amide bonds. The topological polar surface area (TPSA) is 61.4 Å². The van der Waals surface area contributed by atoms with Crippen LogP contribution in [0, 0.1) is 0 Å². The lowest BCUT2D eigenvalue weighted by molar-refractivity contribution is -0.115. The Morgan fingerprint density at radius 3 is 2.46 bits per heavy atom. The molecule has 0 aliphatic carbocycles. The van der Waals surface area contributed by atoms with E-state index in [-0.39, 0.29) is 16.9 Å². The van der Waals surface area contributed by atoms with Gasteiger partial charge in [-0.05, 0) is 54.2 Å². The number of halogens is 1. The van der Waals surface area contributed by atoms with Crippen LogP contribution in [0.2, 0.25) is 5.02 Å². The standard InChI is InChI=1S/C19H18ClN3O2S/c1-23(2)18(25)14-4-3-5-16(12-14)21-19(26)22-17(24)11-8-13-6-9-15(20)10-7-13/h3-12H,1-2H3,(H2,21,22,24,26)/b11-8+. The minimum atomic E-state index is -0.363. The van der Waals surface area contributed by atoms with Gasteiger partial charge in [-0.2, -0.15) is 0 Å². The molecule has 0 heterocycles. The van der Waals surface area contributed by atoms with E-state index < -0.39 is 0 Å². The summed E-state index contributed by atoms with van der Waals surface area (Å²) in [7, 11) is 3.36. The first-order valence-corrected chi connectivity index (χ1v) is 8.51. The van der Waals surface area contributed by atoms with Crippen LogP contribution in [0.25, 0.3) is 6.08 Å². The number of anilines is 1. The van der Waals surface area contributed by atoms with Crippen LogP contribution in [0.1, 0.15) is 15.9 Å². The van der Waals surface area contributed by atoms with Crippen molar-refractivity contribution in [1.82, 2.24) is 10.2 Å². The van der Waals surface area contributed by atoms with E-state index in [2.05, 4.69) is 10.6 Å². The number of nitrogens with one attached hydrogen (secondary N) is 2. The Bertz CT molecular complexity index is 848. The van der Waals surface area contributed by atoms with Crippen molar-refractivity contribution in [3.63, 3.8) is 0 Å². The fourth-order valence-corrected chi connectivity index (χ4v) is 2.39. The Balaban J connectivity index is 1.93. The van der Waals surface area contributed by atoms with Gasteiger partial charge in [0, 0.05) is 36.4 Å². The zero-order chi connectivity index (χ0) is 19.1. The highest BCUT2D eigenvalue weighted by molar-refractivity contribution is 7.80. The van der Waals surface area contributed by atoms with Crippen LogP contribution in [-0.2, 0) is 4.79 Å². The molecule has 2 aromatic rings. The lowest BCUT2D eigenvalue weighted by Crippen LogP contribution is -2.32. The predicted octanol–water partition coefficient (Wildman–Crippen LogP) is 3.57. The lowest BCUT2D eigenvalue weighted by Gasteiger charge is -2.12. The first-order chi connectivity index (χ1) is 12.3. The van der Waals surface area contributed by atoms with Crippen molar-refractivity contribution >= 4 is 52.5 Å². The van der Waals surface area contributed by atoms with E-state index >= 15 is 0 Å². The number of benzene rings is 2. The Morgan fingerprint density at radius 2 is 1.81 bits per heavy atom. The molecule has 26 heavy (non-hydrogen) atoms. The highest BCUT2D eigenvalue weighted by Gasteiger charge is 2.09. The van der Waals surface area contributed by atoms with Crippen LogP contribution in [0.15, 0.2) is 54.6 Å². The Labute approximate surface area is 162 Å². The zero-order valence-corrected chi connectivity index (χ0v) is 15.9. The van der Waals surface area contributed by atoms with Crippen molar-refractivity contribution in [2.45, 2.75) is 0 Å². The molecule has 0 aromatic heterocycles. The summed E-state index contributed by atoms with van der Waals surface area (Å²) < 4.78 is 0. The van der Waals surface area contributed by atoms with E-state index in [1.54, 1.807) is 68.7 Å². The molecular weight excluding hydrogens is 370 g/mol. The molecule has 2 aromatic carbocycles. The van der Waals surface area contributed by atoms with Crippen molar-refractivity contribution in [3.05, 3.63) is 70.8 Å². The second-order valence-corrected chi connectivity index (χ2v) is 6.45. The molecule has 0 aliphatic heterocycles. The summed E-state index contributed by atoms with van der Waals surface area (Å²) in [6, 6.07) is 14.0. The summed E-state index contributed by atoms with van der Waals surface area (Å²) >= 11 is 10.9. The minimum absolute atomic E-state index is 0.116. The van der Waals surface area contributed by atoms with Crippen LogP contribution in [0.4, 0.5) is 5.69 Å². The van der Waals surface area contributed by atoms with Crippen molar-refractivity contribution in [2.75, 3.05) is 19.4 Å². The molecule has 7 heteroatoms. The maximum Gasteiger partial charge on any atom is 0.253 e. The highest BCUT2D eigenvalue weighted by atomic mass is 35.5. The fourth-order valence-electron chi connectivity index (χ4n) is 2.05. The van der Waals surface area contributed by atoms with E-state index in [4.69, 9.17) is 23.8 Å². The largest absolute Gasteiger partial charge is 0.345 e. The van der Waals surface area contributed by atoms with Gasteiger partial charge in [0.1, 0.15) is 0 Å². The first-order valence-electron chi connectivity index (χ1n) is 7.72. The van der Waals surface area contributed by atoms with Gasteiger partial charge in [0.05, 0.1) is 0 Å². The quantitative estimate of drug-likeness (QED) is 0.622. The van der Waals surface area contributed by atoms with Gasteiger partial charge in [-0.3, -0.25) is 14.9 Å². The lowest BCUT2D eigenvalue weighted by atomic mass is 10.2. The van der Waals surface area contributed by atoms with Crippen LogP contribution < -0.4 is 10.6 Å². The molecule has 134 valence electrons. The molecule has 0 bridgehead atoms. The third-order valence-corrected chi connectivity index (χ3v) is 3.76. The molecule has 2 rings (SSSR count). The molecule has 5 nitrogen and oxygen atoms in total. The molecular formula is C19H18ClN3O2S. The summed E-state index contributed by atoms with van der Waals surface area (Å²) in [6.07, 6.45) is 3.04. The van der Waals surface area contributed by atoms with Gasteiger partial charge in [0.25, 0.3) is 5.91 Å². The number of hydrogen-bond acceptors (Lipinski definition) is 3. The maximum absolute atomic E-state index is 12.0. The van der Waals surface area contributed by atoms with E-state index in [0.717, 1.165) is 5.56 Å². The molecule has 0 spiro atoms. The average molecular weight is 388 g/mol. The predicted molar refractivity (Wildman–Crippen MR) is 109 cm³/mol. The average Bonchev–Trinajstić information content (AvgIpc) is 2.60. The molecule has 0 saturated heterocycles. The van der Waals surface area contributed by atoms with Gasteiger partial charge >= 0.3 is 0 Å².